The molecule has 6 heteroatoms. The second kappa shape index (κ2) is 6.91. The van der Waals surface area contributed by atoms with E-state index >= 15 is 0 Å². The number of rotatable bonds is 6. The molecule has 0 unspecified atom stereocenters. The molecule has 0 aliphatic rings. The standard InChI is InChI=1S/C16H16N2O4/c1-10-3-5-11(6-4-10)15(19)12-9-17-13(7-8-22-2)18-14(12)16(20)21/h3-6,9H,7-8H2,1-2H3,(H,20,21). The number of benzene rings is 1. The SMILES string of the molecule is COCCc1ncc(C(=O)c2ccc(C)cc2)c(C(=O)O)n1. The van der Waals surface area contributed by atoms with Crippen molar-refractivity contribution in [3.8, 4) is 0 Å². The Balaban J connectivity index is 2.39. The third-order valence-corrected chi connectivity index (χ3v) is 3.13. The highest BCUT2D eigenvalue weighted by Crippen LogP contribution is 2.14. The van der Waals surface area contributed by atoms with Gasteiger partial charge in [-0.15, -0.1) is 0 Å². The molecule has 2 rings (SSSR count). The second-order valence-corrected chi connectivity index (χ2v) is 4.79. The van der Waals surface area contributed by atoms with Gasteiger partial charge in [0.2, 0.25) is 0 Å². The van der Waals surface area contributed by atoms with Crippen LogP contribution in [-0.2, 0) is 11.2 Å². The van der Waals surface area contributed by atoms with Crippen molar-refractivity contribution in [1.29, 1.82) is 0 Å². The maximum absolute atomic E-state index is 12.4. The lowest BCUT2D eigenvalue weighted by molar-refractivity contribution is 0.0685. The van der Waals surface area contributed by atoms with Gasteiger partial charge in [0.1, 0.15) is 5.82 Å². The molecule has 6 nitrogen and oxygen atoms in total. The largest absolute Gasteiger partial charge is 0.476 e. The normalized spacial score (nSPS) is 10.5. The van der Waals surface area contributed by atoms with Crippen molar-refractivity contribution in [2.24, 2.45) is 0 Å². The number of carbonyl (C=O) groups is 2. The minimum atomic E-state index is -1.25. The van der Waals surface area contributed by atoms with Gasteiger partial charge in [-0.3, -0.25) is 4.79 Å². The number of aryl methyl sites for hydroxylation is 1. The third-order valence-electron chi connectivity index (χ3n) is 3.13. The maximum Gasteiger partial charge on any atom is 0.355 e. The molecule has 114 valence electrons. The van der Waals surface area contributed by atoms with E-state index in [1.807, 2.05) is 6.92 Å². The molecule has 0 spiro atoms. The van der Waals surface area contributed by atoms with Gasteiger partial charge in [0.05, 0.1) is 12.2 Å². The Bertz CT molecular complexity index is 696. The van der Waals surface area contributed by atoms with E-state index in [1.165, 1.54) is 13.3 Å². The first-order valence-corrected chi connectivity index (χ1v) is 6.72. The number of ether oxygens (including phenoxy) is 1. The monoisotopic (exact) mass is 300 g/mol. The number of carbonyl (C=O) groups excluding carboxylic acids is 1. The molecule has 0 atom stereocenters. The number of carboxylic acid groups (broad SMARTS) is 1. The Morgan fingerprint density at radius 1 is 1.23 bits per heavy atom. The smallest absolute Gasteiger partial charge is 0.355 e. The zero-order valence-electron chi connectivity index (χ0n) is 12.4. The van der Waals surface area contributed by atoms with Gasteiger partial charge >= 0.3 is 5.97 Å². The Labute approximate surface area is 127 Å². The van der Waals surface area contributed by atoms with E-state index in [0.29, 0.717) is 24.4 Å². The summed E-state index contributed by atoms with van der Waals surface area (Å²) in [6.45, 7) is 2.29. The number of ketones is 1. The van der Waals surface area contributed by atoms with Crippen molar-refractivity contribution in [3.05, 3.63) is 58.7 Å². The summed E-state index contributed by atoms with van der Waals surface area (Å²) in [5, 5.41) is 9.28. The minimum absolute atomic E-state index is 0.0162. The van der Waals surface area contributed by atoms with Crippen molar-refractivity contribution in [2.75, 3.05) is 13.7 Å². The van der Waals surface area contributed by atoms with Gasteiger partial charge in [0, 0.05) is 25.3 Å². The molecule has 0 saturated carbocycles. The fraction of sp³-hybridized carbons (Fsp3) is 0.250. The molecule has 0 aliphatic carbocycles. The fourth-order valence-electron chi connectivity index (χ4n) is 1.92. The van der Waals surface area contributed by atoms with Crippen LogP contribution < -0.4 is 0 Å². The highest BCUT2D eigenvalue weighted by atomic mass is 16.5. The van der Waals surface area contributed by atoms with Gasteiger partial charge in [-0.2, -0.15) is 0 Å². The van der Waals surface area contributed by atoms with Crippen molar-refractivity contribution in [1.82, 2.24) is 9.97 Å². The molecule has 0 saturated heterocycles. The first-order valence-electron chi connectivity index (χ1n) is 6.72. The Hall–Kier alpha value is -2.60. The average Bonchev–Trinajstić information content (AvgIpc) is 2.52. The van der Waals surface area contributed by atoms with Crippen molar-refractivity contribution in [3.63, 3.8) is 0 Å². The molecule has 2 aromatic rings. The second-order valence-electron chi connectivity index (χ2n) is 4.79. The summed E-state index contributed by atoms with van der Waals surface area (Å²) in [7, 11) is 1.54. The van der Waals surface area contributed by atoms with Crippen molar-refractivity contribution >= 4 is 11.8 Å². The lowest BCUT2D eigenvalue weighted by Gasteiger charge is -2.07. The molecule has 0 radical (unpaired) electrons. The molecule has 0 aliphatic heterocycles. The van der Waals surface area contributed by atoms with Crippen LogP contribution >= 0.6 is 0 Å². The molecule has 0 bridgehead atoms. The molecular formula is C16H16N2O4. The molecule has 1 N–H and O–H groups in total. The van der Waals surface area contributed by atoms with Gasteiger partial charge in [0.25, 0.3) is 0 Å². The van der Waals surface area contributed by atoms with Crippen LogP contribution in [0.15, 0.2) is 30.5 Å². The summed E-state index contributed by atoms with van der Waals surface area (Å²) in [5.74, 6) is -1.33. The highest BCUT2D eigenvalue weighted by molar-refractivity contribution is 6.13. The van der Waals surface area contributed by atoms with Gasteiger partial charge in [-0.25, -0.2) is 14.8 Å². The van der Waals surface area contributed by atoms with Crippen molar-refractivity contribution < 1.29 is 19.4 Å². The number of aromatic carboxylic acids is 1. The van der Waals surface area contributed by atoms with Gasteiger partial charge < -0.3 is 9.84 Å². The van der Waals surface area contributed by atoms with Crippen LogP contribution in [0.3, 0.4) is 0 Å². The number of nitrogens with zero attached hydrogens (tertiary/aromatic N) is 2. The predicted molar refractivity (Wildman–Crippen MR) is 79.2 cm³/mol. The summed E-state index contributed by atoms with van der Waals surface area (Å²) in [4.78, 5) is 31.8. The molecular weight excluding hydrogens is 284 g/mol. The van der Waals surface area contributed by atoms with E-state index in [9.17, 15) is 14.7 Å². The predicted octanol–water partition coefficient (Wildman–Crippen LogP) is 1.90. The number of hydrogen-bond acceptors (Lipinski definition) is 5. The van der Waals surface area contributed by atoms with E-state index in [1.54, 1.807) is 24.3 Å². The minimum Gasteiger partial charge on any atom is -0.476 e. The van der Waals surface area contributed by atoms with Crippen molar-refractivity contribution in [2.45, 2.75) is 13.3 Å². The summed E-state index contributed by atoms with van der Waals surface area (Å²) < 4.78 is 4.91. The number of hydrogen-bond donors (Lipinski definition) is 1. The van der Waals surface area contributed by atoms with Gasteiger partial charge in [-0.1, -0.05) is 29.8 Å². The Kier molecular flexibility index (Phi) is 4.95. The first-order chi connectivity index (χ1) is 10.5. The number of aromatic nitrogens is 2. The van der Waals surface area contributed by atoms with E-state index in [0.717, 1.165) is 5.56 Å². The zero-order chi connectivity index (χ0) is 16.1. The number of methoxy groups -OCH3 is 1. The van der Waals surface area contributed by atoms with E-state index < -0.39 is 11.8 Å². The Morgan fingerprint density at radius 3 is 2.50 bits per heavy atom. The van der Waals surface area contributed by atoms with Crippen LogP contribution in [0, 0.1) is 6.92 Å². The van der Waals surface area contributed by atoms with Crippen LogP contribution in [0.5, 0.6) is 0 Å². The molecule has 0 fully saturated rings. The quantitative estimate of drug-likeness (QED) is 0.820. The van der Waals surface area contributed by atoms with Crippen LogP contribution in [0.4, 0.5) is 0 Å². The summed E-state index contributed by atoms with van der Waals surface area (Å²) in [6.07, 6.45) is 1.65. The summed E-state index contributed by atoms with van der Waals surface area (Å²) >= 11 is 0. The molecule has 1 heterocycles. The lowest BCUT2D eigenvalue weighted by Crippen LogP contribution is -2.15. The molecule has 22 heavy (non-hydrogen) atoms. The van der Waals surface area contributed by atoms with Gasteiger partial charge in [-0.05, 0) is 6.92 Å². The third kappa shape index (κ3) is 3.53. The van der Waals surface area contributed by atoms with E-state index in [4.69, 9.17) is 4.74 Å². The van der Waals surface area contributed by atoms with Crippen LogP contribution in [0.1, 0.15) is 37.8 Å². The fourth-order valence-corrected chi connectivity index (χ4v) is 1.92. The highest BCUT2D eigenvalue weighted by Gasteiger charge is 2.21. The Morgan fingerprint density at radius 2 is 1.91 bits per heavy atom. The van der Waals surface area contributed by atoms with Crippen LogP contribution in [-0.4, -0.2) is 40.5 Å². The molecule has 1 aromatic carbocycles. The topological polar surface area (TPSA) is 89.4 Å². The number of carboxylic acids is 1. The van der Waals surface area contributed by atoms with E-state index in [-0.39, 0.29) is 11.3 Å². The van der Waals surface area contributed by atoms with Crippen LogP contribution in [0.2, 0.25) is 0 Å². The average molecular weight is 300 g/mol. The van der Waals surface area contributed by atoms with Gasteiger partial charge in [0.15, 0.2) is 11.5 Å². The molecule has 1 aromatic heterocycles. The van der Waals surface area contributed by atoms with Crippen LogP contribution in [0.25, 0.3) is 0 Å². The first kappa shape index (κ1) is 15.8. The summed E-state index contributed by atoms with van der Waals surface area (Å²) in [6, 6.07) is 6.90. The maximum atomic E-state index is 12.4. The lowest BCUT2D eigenvalue weighted by atomic mass is 10.0. The zero-order valence-corrected chi connectivity index (χ0v) is 12.4. The summed E-state index contributed by atoms with van der Waals surface area (Å²) in [5.41, 5.74) is 1.12. The molecule has 0 amide bonds. The van der Waals surface area contributed by atoms with E-state index in [2.05, 4.69) is 9.97 Å².